The Labute approximate surface area is 82.9 Å². The minimum atomic E-state index is -2.77. The second-order valence-corrected chi connectivity index (χ2v) is 5.19. The average Bonchev–Trinajstić information content (AvgIpc) is 2.21. The van der Waals surface area contributed by atoms with Gasteiger partial charge in [-0.2, -0.15) is 0 Å². The molecule has 0 N–H and O–H groups in total. The van der Waals surface area contributed by atoms with Crippen molar-refractivity contribution in [2.75, 3.05) is 0 Å². The molecule has 0 saturated heterocycles. The van der Waals surface area contributed by atoms with Crippen LogP contribution in [-0.2, 0) is 0 Å². The van der Waals surface area contributed by atoms with Gasteiger partial charge in [0.25, 0.3) is 5.92 Å². The molecule has 0 radical (unpaired) electrons. The molecule has 0 nitrogen and oxygen atoms in total. The molecule has 0 bridgehead atoms. The third-order valence-corrected chi connectivity index (χ3v) is 3.99. The zero-order valence-electron chi connectivity index (χ0n) is 8.64. The monoisotopic (exact) mass is 206 g/mol. The van der Waals surface area contributed by atoms with Gasteiger partial charge in [-0.25, -0.2) is 13.2 Å². The summed E-state index contributed by atoms with van der Waals surface area (Å²) in [6.07, 6.45) is 0.320. The number of fused-ring (bicyclic) bond motifs is 1. The molecule has 82 valence electrons. The lowest BCUT2D eigenvalue weighted by molar-refractivity contribution is -0.113. The zero-order chi connectivity index (χ0) is 10.5. The van der Waals surface area contributed by atoms with E-state index < -0.39 is 23.9 Å². The van der Waals surface area contributed by atoms with Gasteiger partial charge in [-0.05, 0) is 31.1 Å². The molecule has 2 aliphatic rings. The Balaban J connectivity index is 2.22. The quantitative estimate of drug-likeness (QED) is 0.567. The van der Waals surface area contributed by atoms with Gasteiger partial charge >= 0.3 is 0 Å². The van der Waals surface area contributed by atoms with Gasteiger partial charge in [0.15, 0.2) is 0 Å². The fraction of sp³-hybridized carbons (Fsp3) is 1.00. The van der Waals surface area contributed by atoms with Gasteiger partial charge in [-0.1, -0.05) is 13.8 Å². The summed E-state index contributed by atoms with van der Waals surface area (Å²) in [4.78, 5) is 0. The highest BCUT2D eigenvalue weighted by Crippen LogP contribution is 2.55. The summed E-state index contributed by atoms with van der Waals surface area (Å²) >= 11 is 0. The molecule has 2 fully saturated rings. The highest BCUT2D eigenvalue weighted by Gasteiger charge is 2.59. The van der Waals surface area contributed by atoms with Crippen LogP contribution < -0.4 is 0 Å². The van der Waals surface area contributed by atoms with Crippen LogP contribution in [0.25, 0.3) is 0 Å². The molecule has 5 unspecified atom stereocenters. The predicted octanol–water partition coefficient (Wildman–Crippen LogP) is 3.66. The SMILES string of the molecule is CC1CC(F)C2C(C1)CC(C)C2(F)F. The van der Waals surface area contributed by atoms with E-state index in [0.29, 0.717) is 12.8 Å². The molecule has 0 spiro atoms. The molecule has 2 aliphatic carbocycles. The molecule has 0 aliphatic heterocycles. The van der Waals surface area contributed by atoms with E-state index in [0.717, 1.165) is 6.42 Å². The molecule has 5 atom stereocenters. The van der Waals surface area contributed by atoms with E-state index in [1.807, 2.05) is 6.92 Å². The summed E-state index contributed by atoms with van der Waals surface area (Å²) in [5.74, 6) is -4.22. The second kappa shape index (κ2) is 3.14. The largest absolute Gasteiger partial charge is 0.256 e. The van der Waals surface area contributed by atoms with Gasteiger partial charge in [-0.15, -0.1) is 0 Å². The first-order valence-corrected chi connectivity index (χ1v) is 5.44. The molecular formula is C11H17F3. The number of hydrogen-bond donors (Lipinski definition) is 0. The lowest BCUT2D eigenvalue weighted by Gasteiger charge is -2.35. The number of hydrogen-bond acceptors (Lipinski definition) is 0. The van der Waals surface area contributed by atoms with Crippen LogP contribution in [0.1, 0.15) is 33.1 Å². The molecule has 2 rings (SSSR count). The van der Waals surface area contributed by atoms with E-state index in [9.17, 15) is 13.2 Å². The van der Waals surface area contributed by atoms with Crippen LogP contribution in [0.3, 0.4) is 0 Å². The minimum absolute atomic E-state index is 0.0845. The molecule has 0 aromatic carbocycles. The Morgan fingerprint density at radius 3 is 2.36 bits per heavy atom. The normalized spacial score (nSPS) is 51.6. The summed E-state index contributed by atoms with van der Waals surface area (Å²) in [5.41, 5.74) is 0. The Morgan fingerprint density at radius 2 is 1.71 bits per heavy atom. The van der Waals surface area contributed by atoms with Crippen LogP contribution in [-0.4, -0.2) is 12.1 Å². The van der Waals surface area contributed by atoms with Crippen LogP contribution in [0.15, 0.2) is 0 Å². The van der Waals surface area contributed by atoms with Crippen LogP contribution in [0.5, 0.6) is 0 Å². The predicted molar refractivity (Wildman–Crippen MR) is 49.0 cm³/mol. The Bertz CT molecular complexity index is 227. The van der Waals surface area contributed by atoms with Crippen molar-refractivity contribution in [1.29, 1.82) is 0 Å². The summed E-state index contributed by atoms with van der Waals surface area (Å²) in [5, 5.41) is 0. The van der Waals surface area contributed by atoms with Crippen molar-refractivity contribution in [1.82, 2.24) is 0 Å². The highest BCUT2D eigenvalue weighted by atomic mass is 19.3. The first-order chi connectivity index (χ1) is 6.43. The van der Waals surface area contributed by atoms with Crippen molar-refractivity contribution in [2.45, 2.75) is 45.2 Å². The van der Waals surface area contributed by atoms with E-state index >= 15 is 0 Å². The van der Waals surface area contributed by atoms with Gasteiger partial charge in [0.2, 0.25) is 0 Å². The fourth-order valence-corrected chi connectivity index (χ4v) is 3.32. The van der Waals surface area contributed by atoms with E-state index in [2.05, 4.69) is 0 Å². The maximum atomic E-state index is 13.6. The Kier molecular flexibility index (Phi) is 2.31. The molecular weight excluding hydrogens is 189 g/mol. The molecule has 0 amide bonds. The zero-order valence-corrected chi connectivity index (χ0v) is 8.64. The van der Waals surface area contributed by atoms with Gasteiger partial charge < -0.3 is 0 Å². The van der Waals surface area contributed by atoms with E-state index in [1.54, 1.807) is 6.92 Å². The first-order valence-electron chi connectivity index (χ1n) is 5.44. The van der Waals surface area contributed by atoms with Gasteiger partial charge in [-0.3, -0.25) is 0 Å². The number of rotatable bonds is 0. The molecule has 0 heterocycles. The van der Waals surface area contributed by atoms with Crippen molar-refractivity contribution in [2.24, 2.45) is 23.7 Å². The standard InChI is InChI=1S/C11H17F3/c1-6-3-8-5-7(2)11(13,14)10(8)9(12)4-6/h6-10H,3-5H2,1-2H3. The summed E-state index contributed by atoms with van der Waals surface area (Å²) in [7, 11) is 0. The van der Waals surface area contributed by atoms with Gasteiger partial charge in [0, 0.05) is 5.92 Å². The summed E-state index contributed by atoms with van der Waals surface area (Å²) in [6.45, 7) is 3.51. The molecule has 14 heavy (non-hydrogen) atoms. The van der Waals surface area contributed by atoms with Crippen molar-refractivity contribution < 1.29 is 13.2 Å². The average molecular weight is 206 g/mol. The lowest BCUT2D eigenvalue weighted by Crippen LogP contribution is -2.40. The molecule has 0 aromatic heterocycles. The lowest BCUT2D eigenvalue weighted by atomic mass is 9.74. The molecule has 0 aromatic rings. The topological polar surface area (TPSA) is 0 Å². The summed E-state index contributed by atoms with van der Waals surface area (Å²) < 4.78 is 40.8. The number of halogens is 3. The number of alkyl halides is 3. The van der Waals surface area contributed by atoms with E-state index in [1.165, 1.54) is 0 Å². The first kappa shape index (κ1) is 10.3. The summed E-state index contributed by atoms with van der Waals surface area (Å²) in [6, 6.07) is 0. The van der Waals surface area contributed by atoms with Crippen molar-refractivity contribution in [3.05, 3.63) is 0 Å². The van der Waals surface area contributed by atoms with Crippen molar-refractivity contribution >= 4 is 0 Å². The molecule has 3 heteroatoms. The maximum absolute atomic E-state index is 13.6. The second-order valence-electron chi connectivity index (χ2n) is 5.19. The minimum Gasteiger partial charge on any atom is -0.247 e. The van der Waals surface area contributed by atoms with Gasteiger partial charge in [0.05, 0.1) is 5.92 Å². The third-order valence-electron chi connectivity index (χ3n) is 3.99. The maximum Gasteiger partial charge on any atom is 0.256 e. The van der Waals surface area contributed by atoms with Crippen molar-refractivity contribution in [3.8, 4) is 0 Å². The van der Waals surface area contributed by atoms with Crippen LogP contribution in [0, 0.1) is 23.7 Å². The van der Waals surface area contributed by atoms with Crippen LogP contribution >= 0.6 is 0 Å². The Hall–Kier alpha value is -0.210. The smallest absolute Gasteiger partial charge is 0.247 e. The van der Waals surface area contributed by atoms with E-state index in [-0.39, 0.29) is 11.8 Å². The Morgan fingerprint density at radius 1 is 1.07 bits per heavy atom. The highest BCUT2D eigenvalue weighted by molar-refractivity contribution is 5.01. The van der Waals surface area contributed by atoms with Crippen molar-refractivity contribution in [3.63, 3.8) is 0 Å². The van der Waals surface area contributed by atoms with Crippen LogP contribution in [0.4, 0.5) is 13.2 Å². The van der Waals surface area contributed by atoms with Gasteiger partial charge in [0.1, 0.15) is 6.17 Å². The fourth-order valence-electron chi connectivity index (χ4n) is 3.32. The van der Waals surface area contributed by atoms with E-state index in [4.69, 9.17) is 0 Å². The third kappa shape index (κ3) is 1.36. The van der Waals surface area contributed by atoms with Crippen LogP contribution in [0.2, 0.25) is 0 Å². The molecule has 2 saturated carbocycles.